The number of hydrogen-bond acceptors (Lipinski definition) is 7. The molecule has 2 aromatic carbocycles. The number of Topliss-reactive ketones (excluding diaryl/α,β-unsaturated/α-hetero) is 1. The minimum Gasteiger partial charge on any atom is -0.507 e. The molecule has 0 radical (unpaired) electrons. The van der Waals surface area contributed by atoms with Crippen molar-refractivity contribution in [1.29, 1.82) is 0 Å². The van der Waals surface area contributed by atoms with Gasteiger partial charge in [-0.3, -0.25) is 9.59 Å². The predicted molar refractivity (Wildman–Crippen MR) is 132 cm³/mol. The summed E-state index contributed by atoms with van der Waals surface area (Å²) in [6.45, 7) is 4.52. The van der Waals surface area contributed by atoms with Gasteiger partial charge in [0.05, 0.1) is 44.6 Å². The second-order valence-corrected chi connectivity index (χ2v) is 8.66. The van der Waals surface area contributed by atoms with Crippen molar-refractivity contribution in [3.63, 3.8) is 0 Å². The van der Waals surface area contributed by atoms with Gasteiger partial charge in [0.1, 0.15) is 11.5 Å². The molecule has 0 aromatic heterocycles. The van der Waals surface area contributed by atoms with Gasteiger partial charge in [0, 0.05) is 18.2 Å². The fraction of sp³-hybridized carbons (Fsp3) is 0.385. The highest BCUT2D eigenvalue weighted by Gasteiger charge is 2.46. The number of ether oxygens (including phenoxy) is 4. The summed E-state index contributed by atoms with van der Waals surface area (Å²) in [5, 5.41) is 11.7. The third-order valence-electron chi connectivity index (χ3n) is 5.67. The van der Waals surface area contributed by atoms with Gasteiger partial charge in [0.15, 0.2) is 11.5 Å². The normalized spacial score (nSPS) is 17.2. The molecule has 0 spiro atoms. The number of amides is 1. The van der Waals surface area contributed by atoms with Crippen molar-refractivity contribution in [2.75, 3.05) is 34.5 Å². The Balaban J connectivity index is 2.16. The van der Waals surface area contributed by atoms with Crippen molar-refractivity contribution >= 4 is 29.1 Å². The number of aliphatic hydroxyl groups is 1. The summed E-state index contributed by atoms with van der Waals surface area (Å²) >= 11 is 6.16. The molecular formula is C26H30ClNO7. The van der Waals surface area contributed by atoms with E-state index in [1.54, 1.807) is 30.3 Å². The van der Waals surface area contributed by atoms with Crippen LogP contribution in [0.3, 0.4) is 0 Å². The van der Waals surface area contributed by atoms with E-state index >= 15 is 0 Å². The Kier molecular flexibility index (Phi) is 8.64. The molecule has 0 aliphatic carbocycles. The van der Waals surface area contributed by atoms with Crippen molar-refractivity contribution in [1.82, 2.24) is 4.90 Å². The van der Waals surface area contributed by atoms with Gasteiger partial charge in [0.2, 0.25) is 0 Å². The lowest BCUT2D eigenvalue weighted by Gasteiger charge is -2.26. The monoisotopic (exact) mass is 503 g/mol. The topological polar surface area (TPSA) is 94.5 Å². The van der Waals surface area contributed by atoms with E-state index in [1.165, 1.54) is 32.3 Å². The fourth-order valence-corrected chi connectivity index (χ4v) is 4.22. The molecule has 1 aliphatic rings. The molecule has 3 rings (SSSR count). The van der Waals surface area contributed by atoms with E-state index in [1.807, 2.05) is 13.8 Å². The number of likely N-dealkylation sites (tertiary alicyclic amines) is 1. The van der Waals surface area contributed by atoms with Gasteiger partial charge >= 0.3 is 0 Å². The third-order valence-corrected chi connectivity index (χ3v) is 5.91. The molecule has 0 bridgehead atoms. The van der Waals surface area contributed by atoms with Crippen LogP contribution in [0.25, 0.3) is 5.76 Å². The van der Waals surface area contributed by atoms with Gasteiger partial charge < -0.3 is 29.0 Å². The van der Waals surface area contributed by atoms with Crippen LogP contribution in [-0.4, -0.2) is 62.3 Å². The second kappa shape index (κ2) is 11.5. The van der Waals surface area contributed by atoms with Crippen LogP contribution in [-0.2, 0) is 14.3 Å². The van der Waals surface area contributed by atoms with Crippen LogP contribution >= 0.6 is 11.6 Å². The summed E-state index contributed by atoms with van der Waals surface area (Å²) in [6, 6.07) is 8.94. The van der Waals surface area contributed by atoms with Gasteiger partial charge in [-0.1, -0.05) is 17.7 Å². The maximum Gasteiger partial charge on any atom is 0.295 e. The Morgan fingerprint density at radius 2 is 1.66 bits per heavy atom. The Morgan fingerprint density at radius 1 is 1.00 bits per heavy atom. The number of hydrogen-bond donors (Lipinski definition) is 1. The number of rotatable bonds is 10. The van der Waals surface area contributed by atoms with Gasteiger partial charge in [-0.15, -0.1) is 0 Å². The van der Waals surface area contributed by atoms with Crippen molar-refractivity contribution in [2.45, 2.75) is 32.4 Å². The lowest BCUT2D eigenvalue weighted by atomic mass is 9.94. The van der Waals surface area contributed by atoms with Crippen molar-refractivity contribution in [2.24, 2.45) is 0 Å². The van der Waals surface area contributed by atoms with Crippen LogP contribution in [0.2, 0.25) is 5.02 Å². The van der Waals surface area contributed by atoms with E-state index in [9.17, 15) is 14.7 Å². The van der Waals surface area contributed by atoms with Crippen molar-refractivity contribution in [3.05, 3.63) is 58.1 Å². The summed E-state index contributed by atoms with van der Waals surface area (Å²) in [5.74, 6) is -0.641. The third kappa shape index (κ3) is 5.55. The molecule has 0 saturated carbocycles. The Hall–Kier alpha value is -3.23. The first kappa shape index (κ1) is 26.4. The second-order valence-electron chi connectivity index (χ2n) is 8.22. The van der Waals surface area contributed by atoms with E-state index in [0.29, 0.717) is 40.9 Å². The number of methoxy groups -OCH3 is 3. The Labute approximate surface area is 210 Å². The summed E-state index contributed by atoms with van der Waals surface area (Å²) in [7, 11) is 4.46. The zero-order valence-electron chi connectivity index (χ0n) is 20.5. The molecule has 1 N–H and O–H groups in total. The minimum absolute atomic E-state index is 0.0438. The number of carbonyl (C=O) groups is 2. The van der Waals surface area contributed by atoms with Crippen molar-refractivity contribution in [3.8, 4) is 17.2 Å². The molecule has 1 amide bonds. The van der Waals surface area contributed by atoms with Crippen LogP contribution in [0.1, 0.15) is 37.4 Å². The van der Waals surface area contributed by atoms with E-state index in [2.05, 4.69) is 0 Å². The molecule has 9 heteroatoms. The molecule has 1 saturated heterocycles. The molecule has 1 fully saturated rings. The summed E-state index contributed by atoms with van der Waals surface area (Å²) in [4.78, 5) is 27.8. The average Bonchev–Trinajstić information content (AvgIpc) is 3.10. The first-order valence-corrected chi connectivity index (χ1v) is 11.6. The molecule has 1 aliphatic heterocycles. The van der Waals surface area contributed by atoms with Gasteiger partial charge in [-0.05, 0) is 56.2 Å². The number of halogens is 1. The van der Waals surface area contributed by atoms with E-state index in [0.717, 1.165) is 0 Å². The van der Waals surface area contributed by atoms with E-state index < -0.39 is 17.7 Å². The summed E-state index contributed by atoms with van der Waals surface area (Å²) < 4.78 is 21.7. The summed E-state index contributed by atoms with van der Waals surface area (Å²) in [5.41, 5.74) is 0.730. The Morgan fingerprint density at radius 3 is 2.29 bits per heavy atom. The maximum atomic E-state index is 13.2. The first-order valence-electron chi connectivity index (χ1n) is 11.2. The standard InChI is InChI=1S/C26H30ClNO7/c1-15(2)35-12-6-11-28-23(16-7-9-20(33-4)21(13-16)34-5)22(25(30)26(28)31)24(29)18-14-17(27)8-10-19(18)32-3/h7-10,13-15,23,29H,6,11-12H2,1-5H3/b24-22+. The van der Waals surface area contributed by atoms with Crippen LogP contribution in [0.5, 0.6) is 17.2 Å². The largest absolute Gasteiger partial charge is 0.507 e. The quantitative estimate of drug-likeness (QED) is 0.219. The number of nitrogens with zero attached hydrogens (tertiary/aromatic N) is 1. The SMILES string of the molecule is COc1ccc(C2/C(=C(\O)c3cc(Cl)ccc3OC)C(=O)C(=O)N2CCCOC(C)C)cc1OC. The average molecular weight is 504 g/mol. The van der Waals surface area contributed by atoms with Gasteiger partial charge in [-0.25, -0.2) is 0 Å². The number of ketones is 1. The van der Waals surface area contributed by atoms with E-state index in [4.69, 9.17) is 30.5 Å². The molecule has 2 aromatic rings. The van der Waals surface area contributed by atoms with E-state index in [-0.39, 0.29) is 29.5 Å². The smallest absolute Gasteiger partial charge is 0.295 e. The molecule has 1 atom stereocenters. The van der Waals surface area contributed by atoms with Gasteiger partial charge in [0.25, 0.3) is 11.7 Å². The molecule has 188 valence electrons. The number of carbonyl (C=O) groups excluding carboxylic acids is 2. The molecule has 1 unspecified atom stereocenters. The zero-order chi connectivity index (χ0) is 25.7. The van der Waals surface area contributed by atoms with Crippen LogP contribution in [0.15, 0.2) is 42.0 Å². The first-order chi connectivity index (χ1) is 16.7. The Bertz CT molecular complexity index is 1130. The highest BCUT2D eigenvalue weighted by atomic mass is 35.5. The molecule has 35 heavy (non-hydrogen) atoms. The highest BCUT2D eigenvalue weighted by molar-refractivity contribution is 6.46. The number of benzene rings is 2. The van der Waals surface area contributed by atoms with Crippen LogP contribution < -0.4 is 14.2 Å². The van der Waals surface area contributed by atoms with Gasteiger partial charge in [-0.2, -0.15) is 0 Å². The zero-order valence-corrected chi connectivity index (χ0v) is 21.2. The number of aliphatic hydroxyl groups excluding tert-OH is 1. The van der Waals surface area contributed by atoms with Crippen LogP contribution in [0.4, 0.5) is 0 Å². The van der Waals surface area contributed by atoms with Crippen molar-refractivity contribution < 1.29 is 33.6 Å². The lowest BCUT2D eigenvalue weighted by molar-refractivity contribution is -0.140. The molecule has 8 nitrogen and oxygen atoms in total. The minimum atomic E-state index is -0.863. The maximum absolute atomic E-state index is 13.2. The summed E-state index contributed by atoms with van der Waals surface area (Å²) in [6.07, 6.45) is 0.553. The van der Waals surface area contributed by atoms with Crippen LogP contribution in [0, 0.1) is 0 Å². The fourth-order valence-electron chi connectivity index (χ4n) is 4.04. The molecular weight excluding hydrogens is 474 g/mol. The highest BCUT2D eigenvalue weighted by Crippen LogP contribution is 2.43. The lowest BCUT2D eigenvalue weighted by Crippen LogP contribution is -2.31. The predicted octanol–water partition coefficient (Wildman–Crippen LogP) is 4.60. The molecule has 1 heterocycles.